The van der Waals surface area contributed by atoms with Crippen LogP contribution in [0.15, 0.2) is 24.3 Å². The van der Waals surface area contributed by atoms with Crippen molar-refractivity contribution in [1.82, 2.24) is 10.2 Å². The van der Waals surface area contributed by atoms with Crippen LogP contribution >= 0.6 is 12.4 Å². The van der Waals surface area contributed by atoms with Crippen LogP contribution in [0.25, 0.3) is 0 Å². The maximum atomic E-state index is 12.4. The maximum absolute atomic E-state index is 12.4. The molecule has 6 nitrogen and oxygen atoms in total. The zero-order chi connectivity index (χ0) is 17.4. The maximum Gasteiger partial charge on any atom is 0.253 e. The second kappa shape index (κ2) is 11.1. The summed E-state index contributed by atoms with van der Waals surface area (Å²) >= 11 is 0. The molecule has 0 radical (unpaired) electrons. The van der Waals surface area contributed by atoms with Crippen molar-refractivity contribution in [3.8, 4) is 0 Å². The molecule has 0 aromatic heterocycles. The second-order valence-corrected chi connectivity index (χ2v) is 6.12. The molecule has 1 fully saturated rings. The molecule has 1 heterocycles. The van der Waals surface area contributed by atoms with E-state index in [1.165, 1.54) is 6.42 Å². The van der Waals surface area contributed by atoms with Crippen LogP contribution in [0.1, 0.15) is 41.6 Å². The molecule has 1 aliphatic rings. The SMILES string of the molecule is COC(CN)CC(=O)NCc1ccc(C(=O)N2CCCCC2)cc1.Cl. The average Bonchev–Trinajstić information content (AvgIpc) is 2.65. The molecule has 1 aromatic rings. The van der Waals surface area contributed by atoms with Gasteiger partial charge in [0.2, 0.25) is 5.91 Å². The molecular formula is C18H28ClN3O3. The number of methoxy groups -OCH3 is 1. The lowest BCUT2D eigenvalue weighted by molar-refractivity contribution is -0.123. The van der Waals surface area contributed by atoms with Crippen molar-refractivity contribution in [2.45, 2.75) is 38.3 Å². The largest absolute Gasteiger partial charge is 0.380 e. The molecule has 0 bridgehead atoms. The van der Waals surface area contributed by atoms with Crippen LogP contribution in [0.5, 0.6) is 0 Å². The third-order valence-corrected chi connectivity index (χ3v) is 4.34. The summed E-state index contributed by atoms with van der Waals surface area (Å²) in [7, 11) is 1.54. The van der Waals surface area contributed by atoms with Crippen molar-refractivity contribution >= 4 is 24.2 Å². The summed E-state index contributed by atoms with van der Waals surface area (Å²) in [5.74, 6) is -0.00284. The van der Waals surface area contributed by atoms with E-state index in [0.29, 0.717) is 18.7 Å². The number of nitrogens with one attached hydrogen (secondary N) is 1. The van der Waals surface area contributed by atoms with E-state index in [9.17, 15) is 9.59 Å². The summed E-state index contributed by atoms with van der Waals surface area (Å²) in [6, 6.07) is 7.43. The Morgan fingerprint density at radius 3 is 2.40 bits per heavy atom. The molecule has 25 heavy (non-hydrogen) atoms. The van der Waals surface area contributed by atoms with Crippen LogP contribution in [0, 0.1) is 0 Å². The Balaban J connectivity index is 0.00000312. The molecule has 2 rings (SSSR count). The van der Waals surface area contributed by atoms with E-state index in [0.717, 1.165) is 31.5 Å². The number of rotatable bonds is 7. The van der Waals surface area contributed by atoms with Gasteiger partial charge in [0, 0.05) is 38.9 Å². The Bertz CT molecular complexity index is 541. The predicted molar refractivity (Wildman–Crippen MR) is 99.8 cm³/mol. The Morgan fingerprint density at radius 2 is 1.84 bits per heavy atom. The van der Waals surface area contributed by atoms with Crippen LogP contribution in [-0.2, 0) is 16.1 Å². The Kier molecular flexibility index (Phi) is 9.49. The lowest BCUT2D eigenvalue weighted by Gasteiger charge is -2.26. The van der Waals surface area contributed by atoms with E-state index in [-0.39, 0.29) is 36.7 Å². The first-order chi connectivity index (χ1) is 11.6. The quantitative estimate of drug-likeness (QED) is 0.766. The molecule has 0 aliphatic carbocycles. The fourth-order valence-electron chi connectivity index (χ4n) is 2.79. The number of hydrogen-bond donors (Lipinski definition) is 2. The normalized spacial score (nSPS) is 15.2. The van der Waals surface area contributed by atoms with Gasteiger partial charge in [-0.1, -0.05) is 12.1 Å². The number of piperidine rings is 1. The summed E-state index contributed by atoms with van der Waals surface area (Å²) in [6.45, 7) is 2.44. The van der Waals surface area contributed by atoms with E-state index in [1.54, 1.807) is 7.11 Å². The first-order valence-corrected chi connectivity index (χ1v) is 8.52. The zero-order valence-electron chi connectivity index (χ0n) is 14.7. The van der Waals surface area contributed by atoms with Gasteiger partial charge in [-0.05, 0) is 37.0 Å². The standard InChI is InChI=1S/C18H27N3O3.ClH/c1-24-16(12-19)11-17(22)20-13-14-5-7-15(8-6-14)18(23)21-9-3-2-4-10-21;/h5-8,16H,2-4,9-13,19H2,1H3,(H,20,22);1H. The molecule has 140 valence electrons. The van der Waals surface area contributed by atoms with Crippen molar-refractivity contribution in [3.63, 3.8) is 0 Å². The number of carbonyl (C=O) groups excluding carboxylic acids is 2. The van der Waals surface area contributed by atoms with Gasteiger partial charge < -0.3 is 20.7 Å². The summed E-state index contributed by atoms with van der Waals surface area (Å²) in [5.41, 5.74) is 7.17. The first kappa shape index (κ1) is 21.4. The molecule has 7 heteroatoms. The van der Waals surface area contributed by atoms with E-state index in [2.05, 4.69) is 5.32 Å². The lowest BCUT2D eigenvalue weighted by Crippen LogP contribution is -2.35. The van der Waals surface area contributed by atoms with Crippen LogP contribution in [0.3, 0.4) is 0 Å². The monoisotopic (exact) mass is 369 g/mol. The fourth-order valence-corrected chi connectivity index (χ4v) is 2.79. The zero-order valence-corrected chi connectivity index (χ0v) is 15.5. The summed E-state index contributed by atoms with van der Waals surface area (Å²) in [6.07, 6.45) is 3.37. The van der Waals surface area contributed by atoms with Gasteiger partial charge in [0.25, 0.3) is 5.91 Å². The Morgan fingerprint density at radius 1 is 1.20 bits per heavy atom. The van der Waals surface area contributed by atoms with Gasteiger partial charge in [0.1, 0.15) is 0 Å². The minimum atomic E-state index is -0.255. The highest BCUT2D eigenvalue weighted by molar-refractivity contribution is 5.94. The topological polar surface area (TPSA) is 84.7 Å². The van der Waals surface area contributed by atoms with Gasteiger partial charge in [0.15, 0.2) is 0 Å². The molecule has 0 spiro atoms. The number of amides is 2. The van der Waals surface area contributed by atoms with Gasteiger partial charge in [-0.3, -0.25) is 9.59 Å². The van der Waals surface area contributed by atoms with Gasteiger partial charge in [-0.2, -0.15) is 0 Å². The number of hydrogen-bond acceptors (Lipinski definition) is 4. The second-order valence-electron chi connectivity index (χ2n) is 6.12. The number of benzene rings is 1. The number of nitrogens with zero attached hydrogens (tertiary/aromatic N) is 1. The molecule has 1 aliphatic heterocycles. The average molecular weight is 370 g/mol. The van der Waals surface area contributed by atoms with Crippen molar-refractivity contribution in [2.75, 3.05) is 26.7 Å². The summed E-state index contributed by atoms with van der Waals surface area (Å²) in [4.78, 5) is 26.1. The van der Waals surface area contributed by atoms with Crippen LogP contribution in [0.2, 0.25) is 0 Å². The number of nitrogens with two attached hydrogens (primary N) is 1. The van der Waals surface area contributed by atoms with Gasteiger partial charge in [-0.25, -0.2) is 0 Å². The Hall–Kier alpha value is -1.63. The highest BCUT2D eigenvalue weighted by atomic mass is 35.5. The molecule has 1 atom stereocenters. The first-order valence-electron chi connectivity index (χ1n) is 8.52. The molecule has 3 N–H and O–H groups in total. The summed E-state index contributed by atoms with van der Waals surface area (Å²) < 4.78 is 5.09. The van der Waals surface area contributed by atoms with Crippen LogP contribution < -0.4 is 11.1 Å². The smallest absolute Gasteiger partial charge is 0.253 e. The van der Waals surface area contributed by atoms with Crippen LogP contribution in [-0.4, -0.2) is 49.6 Å². The lowest BCUT2D eigenvalue weighted by atomic mass is 10.1. The molecule has 0 saturated carbocycles. The molecule has 1 saturated heterocycles. The van der Waals surface area contributed by atoms with Crippen LogP contribution in [0.4, 0.5) is 0 Å². The number of carbonyl (C=O) groups is 2. The minimum absolute atomic E-state index is 0. The highest BCUT2D eigenvalue weighted by Crippen LogP contribution is 2.14. The van der Waals surface area contributed by atoms with E-state index >= 15 is 0 Å². The number of likely N-dealkylation sites (tertiary alicyclic amines) is 1. The summed E-state index contributed by atoms with van der Waals surface area (Å²) in [5, 5.41) is 2.84. The van der Waals surface area contributed by atoms with E-state index < -0.39 is 0 Å². The molecule has 1 aromatic carbocycles. The van der Waals surface area contributed by atoms with Crippen molar-refractivity contribution in [3.05, 3.63) is 35.4 Å². The van der Waals surface area contributed by atoms with E-state index in [4.69, 9.17) is 10.5 Å². The minimum Gasteiger partial charge on any atom is -0.380 e. The van der Waals surface area contributed by atoms with Gasteiger partial charge >= 0.3 is 0 Å². The van der Waals surface area contributed by atoms with E-state index in [1.807, 2.05) is 29.2 Å². The van der Waals surface area contributed by atoms with Crippen molar-refractivity contribution < 1.29 is 14.3 Å². The molecule has 1 unspecified atom stereocenters. The van der Waals surface area contributed by atoms with Gasteiger partial charge in [0.05, 0.1) is 12.5 Å². The molecule has 2 amide bonds. The third kappa shape index (κ3) is 6.65. The fraction of sp³-hybridized carbons (Fsp3) is 0.556. The third-order valence-electron chi connectivity index (χ3n) is 4.34. The number of ether oxygens (including phenoxy) is 1. The van der Waals surface area contributed by atoms with Crippen molar-refractivity contribution in [1.29, 1.82) is 0 Å². The Labute approximate surface area is 155 Å². The van der Waals surface area contributed by atoms with Crippen molar-refractivity contribution in [2.24, 2.45) is 5.73 Å². The van der Waals surface area contributed by atoms with Gasteiger partial charge in [-0.15, -0.1) is 12.4 Å². The highest BCUT2D eigenvalue weighted by Gasteiger charge is 2.18. The number of halogens is 1. The predicted octanol–water partition coefficient (Wildman–Crippen LogP) is 1.71. The molecular weight excluding hydrogens is 342 g/mol.